The van der Waals surface area contributed by atoms with Crippen LogP contribution in [0.2, 0.25) is 0 Å². The van der Waals surface area contributed by atoms with Gasteiger partial charge >= 0.3 is 6.09 Å². The average molecular weight is 700 g/mol. The molecule has 2 heterocycles. The highest BCUT2D eigenvalue weighted by atomic mass is 16.6. The number of piperidine rings is 1. The van der Waals surface area contributed by atoms with E-state index in [2.05, 4.69) is 36.2 Å². The van der Waals surface area contributed by atoms with Crippen LogP contribution >= 0.6 is 0 Å². The van der Waals surface area contributed by atoms with Crippen LogP contribution < -0.4 is 19.9 Å². The number of hydrogen-bond acceptors (Lipinski definition) is 7. The maximum absolute atomic E-state index is 12.5. The number of primary amides is 1. The number of nitrogens with zero attached hydrogens (tertiary/aromatic N) is 2. The second kappa shape index (κ2) is 16.0. The lowest BCUT2D eigenvalue weighted by Crippen LogP contribution is -2.41. The molecule has 1 aromatic heterocycles. The minimum atomic E-state index is -0.625. The van der Waals surface area contributed by atoms with Gasteiger partial charge in [0.2, 0.25) is 5.88 Å². The molecule has 2 amide bonds. The van der Waals surface area contributed by atoms with Crippen molar-refractivity contribution in [3.63, 3.8) is 0 Å². The Balaban J connectivity index is 1.01. The Morgan fingerprint density at radius 1 is 0.769 bits per heavy atom. The van der Waals surface area contributed by atoms with Crippen molar-refractivity contribution in [2.45, 2.75) is 64.4 Å². The molecule has 268 valence electrons. The molecule has 1 unspecified atom stereocenters. The molecule has 1 aliphatic heterocycles. The molecular formula is C43H45N3O6. The first kappa shape index (κ1) is 36.0. The number of carbonyl (C=O) groups is 2. The summed E-state index contributed by atoms with van der Waals surface area (Å²) in [5, 5.41) is 0. The van der Waals surface area contributed by atoms with Crippen molar-refractivity contribution in [2.75, 3.05) is 13.1 Å². The van der Waals surface area contributed by atoms with Crippen molar-refractivity contribution >= 4 is 12.0 Å². The number of hydrogen-bond donors (Lipinski definition) is 1. The van der Waals surface area contributed by atoms with Gasteiger partial charge in [-0.2, -0.15) is 0 Å². The van der Waals surface area contributed by atoms with Gasteiger partial charge in [-0.25, -0.2) is 9.78 Å². The van der Waals surface area contributed by atoms with Crippen molar-refractivity contribution in [3.8, 4) is 34.6 Å². The third-order valence-corrected chi connectivity index (χ3v) is 8.92. The quantitative estimate of drug-likeness (QED) is 0.146. The van der Waals surface area contributed by atoms with Crippen molar-refractivity contribution in [1.29, 1.82) is 0 Å². The molecule has 1 aliphatic rings. The number of benzene rings is 4. The fraction of sp³-hybridized carbons (Fsp3) is 0.279. The molecule has 1 fully saturated rings. The molecule has 0 saturated carbocycles. The van der Waals surface area contributed by atoms with E-state index in [9.17, 15) is 9.59 Å². The van der Waals surface area contributed by atoms with Crippen LogP contribution in [-0.2, 0) is 11.2 Å². The second-order valence-corrected chi connectivity index (χ2v) is 14.1. The zero-order valence-corrected chi connectivity index (χ0v) is 30.1. The lowest BCUT2D eigenvalue weighted by atomic mass is 9.90. The van der Waals surface area contributed by atoms with Crippen molar-refractivity contribution in [3.05, 3.63) is 138 Å². The summed E-state index contributed by atoms with van der Waals surface area (Å²) in [6, 6.07) is 35.0. The number of para-hydroxylation sites is 1. The van der Waals surface area contributed by atoms with E-state index in [0.717, 1.165) is 42.1 Å². The molecule has 2 N–H and O–H groups in total. The third-order valence-electron chi connectivity index (χ3n) is 8.92. The van der Waals surface area contributed by atoms with Crippen LogP contribution in [0.5, 0.6) is 34.6 Å². The monoisotopic (exact) mass is 699 g/mol. The largest absolute Gasteiger partial charge is 0.457 e. The molecule has 6 rings (SSSR count). The summed E-state index contributed by atoms with van der Waals surface area (Å²) in [5.41, 5.74) is 8.74. The zero-order chi connectivity index (χ0) is 36.7. The van der Waals surface area contributed by atoms with Gasteiger partial charge in [0.15, 0.2) is 0 Å². The predicted molar refractivity (Wildman–Crippen MR) is 201 cm³/mol. The highest BCUT2D eigenvalue weighted by molar-refractivity contribution is 5.95. The fourth-order valence-corrected chi connectivity index (χ4v) is 6.15. The number of pyridine rings is 1. The van der Waals surface area contributed by atoms with E-state index in [0.29, 0.717) is 30.5 Å². The summed E-state index contributed by atoms with van der Waals surface area (Å²) in [5.74, 6) is 3.46. The fourth-order valence-electron chi connectivity index (χ4n) is 6.15. The molecule has 0 bridgehead atoms. The van der Waals surface area contributed by atoms with Gasteiger partial charge in [-0.15, -0.1) is 0 Å². The van der Waals surface area contributed by atoms with E-state index in [1.54, 1.807) is 41.4 Å². The molecule has 4 aromatic carbocycles. The summed E-state index contributed by atoms with van der Waals surface area (Å²) in [7, 11) is 0. The Hall–Kier alpha value is -5.83. The summed E-state index contributed by atoms with van der Waals surface area (Å²) < 4.78 is 23.5. The van der Waals surface area contributed by atoms with Gasteiger partial charge in [-0.05, 0) is 135 Å². The predicted octanol–water partition coefficient (Wildman–Crippen LogP) is 10.0. The summed E-state index contributed by atoms with van der Waals surface area (Å²) in [6.45, 7) is 8.90. The lowest BCUT2D eigenvalue weighted by molar-refractivity contribution is 0.0204. The minimum Gasteiger partial charge on any atom is -0.457 e. The number of amides is 2. The molecule has 1 atom stereocenters. The molecule has 9 heteroatoms. The molecule has 52 heavy (non-hydrogen) atoms. The van der Waals surface area contributed by atoms with Gasteiger partial charge in [0, 0.05) is 19.3 Å². The number of ether oxygens (including phenoxy) is 4. The van der Waals surface area contributed by atoms with Gasteiger partial charge in [0.1, 0.15) is 39.9 Å². The topological polar surface area (TPSA) is 113 Å². The molecular weight excluding hydrogens is 654 g/mol. The van der Waals surface area contributed by atoms with Crippen LogP contribution in [0, 0.1) is 0 Å². The summed E-state index contributed by atoms with van der Waals surface area (Å²) in [4.78, 5) is 31.1. The Kier molecular flexibility index (Phi) is 11.1. The lowest BCUT2D eigenvalue weighted by Gasteiger charge is -2.33. The van der Waals surface area contributed by atoms with E-state index < -0.39 is 11.5 Å². The smallest absolute Gasteiger partial charge is 0.410 e. The van der Waals surface area contributed by atoms with E-state index >= 15 is 0 Å². The highest BCUT2D eigenvalue weighted by Crippen LogP contribution is 2.33. The first-order chi connectivity index (χ1) is 25.0. The van der Waals surface area contributed by atoms with Crippen LogP contribution in [0.1, 0.15) is 79.4 Å². The number of nitrogens with two attached hydrogens (primary N) is 1. The summed E-state index contributed by atoms with van der Waals surface area (Å²) in [6.07, 6.45) is 3.75. The van der Waals surface area contributed by atoms with E-state index in [-0.39, 0.29) is 23.5 Å². The van der Waals surface area contributed by atoms with Gasteiger partial charge in [-0.3, -0.25) is 4.79 Å². The van der Waals surface area contributed by atoms with Crippen LogP contribution in [0.15, 0.2) is 115 Å². The Bertz CT molecular complexity index is 1950. The minimum absolute atomic E-state index is 0.130. The molecule has 1 saturated heterocycles. The zero-order valence-electron chi connectivity index (χ0n) is 30.1. The van der Waals surface area contributed by atoms with Crippen molar-refractivity contribution < 1.29 is 28.5 Å². The van der Waals surface area contributed by atoms with E-state index in [1.165, 1.54) is 11.1 Å². The van der Waals surface area contributed by atoms with Crippen LogP contribution in [0.25, 0.3) is 0 Å². The molecule has 5 aromatic rings. The van der Waals surface area contributed by atoms with Crippen LogP contribution in [0.4, 0.5) is 4.79 Å². The molecule has 0 spiro atoms. The van der Waals surface area contributed by atoms with Gasteiger partial charge < -0.3 is 29.6 Å². The summed E-state index contributed by atoms with van der Waals surface area (Å²) >= 11 is 0. The van der Waals surface area contributed by atoms with Crippen molar-refractivity contribution in [1.82, 2.24) is 9.88 Å². The van der Waals surface area contributed by atoms with E-state index in [4.69, 9.17) is 24.7 Å². The van der Waals surface area contributed by atoms with Gasteiger partial charge in [-0.1, -0.05) is 49.4 Å². The maximum Gasteiger partial charge on any atom is 0.410 e. The number of rotatable bonds is 11. The first-order valence-corrected chi connectivity index (χ1v) is 17.6. The van der Waals surface area contributed by atoms with Gasteiger partial charge in [0.25, 0.3) is 5.91 Å². The SMILES string of the molecule is CC(Cc1ccc(Oc2ccc(Oc3ncc(C4CCN(C(=O)OC(C)(C)C)CC4)cc3C(N)=O)cc2)cc1)c1ccc(Oc2ccccc2)cc1. The number of carbonyl (C=O) groups excluding carboxylic acids is 2. The molecule has 9 nitrogen and oxygen atoms in total. The highest BCUT2D eigenvalue weighted by Gasteiger charge is 2.28. The van der Waals surface area contributed by atoms with E-state index in [1.807, 2.05) is 75.4 Å². The standard InChI is InChI=1S/C43H45N3O6/c1-29(31-12-16-36(17-13-31)49-34-8-6-5-7-9-34)26-30-10-14-35(15-11-30)50-37-18-20-38(21-19-37)51-41-39(40(44)47)27-33(28-45-41)32-22-24-46(25-23-32)42(48)52-43(2,3)4/h5-21,27-29,32H,22-26H2,1-4H3,(H2,44,47). The molecule has 0 aliphatic carbocycles. The first-order valence-electron chi connectivity index (χ1n) is 17.6. The molecule has 0 radical (unpaired) electrons. The Morgan fingerprint density at radius 2 is 1.29 bits per heavy atom. The average Bonchev–Trinajstić information content (AvgIpc) is 3.13. The third kappa shape index (κ3) is 9.69. The number of aromatic nitrogens is 1. The van der Waals surface area contributed by atoms with Crippen molar-refractivity contribution in [2.24, 2.45) is 5.73 Å². The van der Waals surface area contributed by atoms with Crippen LogP contribution in [-0.4, -0.2) is 40.6 Å². The van der Waals surface area contributed by atoms with Gasteiger partial charge in [0.05, 0.1) is 0 Å². The second-order valence-electron chi connectivity index (χ2n) is 14.1. The number of likely N-dealkylation sites (tertiary alicyclic amines) is 1. The Labute approximate surface area is 305 Å². The van der Waals surface area contributed by atoms with Crippen LogP contribution in [0.3, 0.4) is 0 Å². The Morgan fingerprint density at radius 3 is 1.85 bits per heavy atom. The normalized spacial score (nSPS) is 14.0. The maximum atomic E-state index is 12.5.